The summed E-state index contributed by atoms with van der Waals surface area (Å²) in [6.07, 6.45) is 0. The van der Waals surface area contributed by atoms with Crippen LogP contribution >= 0.6 is 11.8 Å². The molecule has 8 heteroatoms. The summed E-state index contributed by atoms with van der Waals surface area (Å²) in [5, 5.41) is 11.1. The number of carbonyl (C=O) groups is 2. The first kappa shape index (κ1) is 21.4. The molecule has 1 saturated heterocycles. The summed E-state index contributed by atoms with van der Waals surface area (Å²) in [6, 6.07) is 29.7. The molecule has 0 bridgehead atoms. The number of hydrogen-bond acceptors (Lipinski definition) is 6. The van der Waals surface area contributed by atoms with Gasteiger partial charge in [0.1, 0.15) is 22.5 Å². The number of nitrogens with one attached hydrogen (secondary N) is 1. The minimum Gasteiger partial charge on any atom is -0.384 e. The molecule has 2 aliphatic heterocycles. The number of para-hydroxylation sites is 2. The van der Waals surface area contributed by atoms with E-state index in [-0.39, 0.29) is 11.4 Å². The monoisotopic (exact) mass is 465 g/mol. The van der Waals surface area contributed by atoms with Crippen LogP contribution in [0.3, 0.4) is 0 Å². The molecular formula is C26H19N5O2S. The summed E-state index contributed by atoms with van der Waals surface area (Å²) in [7, 11) is 0. The van der Waals surface area contributed by atoms with Gasteiger partial charge in [0.2, 0.25) is 0 Å². The summed E-state index contributed by atoms with van der Waals surface area (Å²) in [5.74, 6) is -0.834. The van der Waals surface area contributed by atoms with Gasteiger partial charge in [-0.2, -0.15) is 5.26 Å². The molecule has 3 N–H and O–H groups in total. The van der Waals surface area contributed by atoms with E-state index in [2.05, 4.69) is 11.5 Å². The average Bonchev–Trinajstić information content (AvgIpc) is 3.18. The molecule has 0 aliphatic carbocycles. The molecule has 5 rings (SSSR count). The number of nitrogens with two attached hydrogens (primary N) is 1. The lowest BCUT2D eigenvalue weighted by Crippen LogP contribution is -2.35. The molecule has 1 fully saturated rings. The number of rotatable bonds is 3. The summed E-state index contributed by atoms with van der Waals surface area (Å²) in [6.45, 7) is 0. The molecule has 0 aromatic heterocycles. The maximum Gasteiger partial charge on any atom is 0.285 e. The van der Waals surface area contributed by atoms with E-state index >= 15 is 0 Å². The van der Waals surface area contributed by atoms with Gasteiger partial charge in [0, 0.05) is 5.69 Å². The number of thioether (sulfide) groups is 1. The number of hydrogen-bond donors (Lipinski definition) is 2. The second-order valence-corrected chi connectivity index (χ2v) is 8.68. The van der Waals surface area contributed by atoms with Crippen LogP contribution in [-0.2, 0) is 9.59 Å². The highest BCUT2D eigenvalue weighted by atomic mass is 32.2. The molecule has 2 aliphatic rings. The van der Waals surface area contributed by atoms with Gasteiger partial charge < -0.3 is 5.73 Å². The smallest absolute Gasteiger partial charge is 0.285 e. The molecule has 0 unspecified atom stereocenters. The molecule has 2 heterocycles. The molecule has 0 radical (unpaired) electrons. The normalized spacial score (nSPS) is 20.4. The Balaban J connectivity index is 1.71. The average molecular weight is 466 g/mol. The predicted molar refractivity (Wildman–Crippen MR) is 132 cm³/mol. The van der Waals surface area contributed by atoms with E-state index in [1.807, 2.05) is 66.7 Å². The van der Waals surface area contributed by atoms with Gasteiger partial charge in [-0.1, -0.05) is 78.5 Å². The fourth-order valence-corrected chi connectivity index (χ4v) is 5.35. The number of amides is 2. The summed E-state index contributed by atoms with van der Waals surface area (Å²) in [5.41, 5.74) is 11.6. The number of carbonyl (C=O) groups excluding carboxylic acids is 2. The fraction of sp³-hybridized carbons (Fsp3) is 0.0385. The van der Waals surface area contributed by atoms with Crippen molar-refractivity contribution < 1.29 is 9.59 Å². The SMILES string of the molecule is N#CC1=C(N)N(c2ccccc2)/C(=C2/C(=O)NN(c3ccccc3)C2=O)S[C@@H]1c1ccccc1. The first-order chi connectivity index (χ1) is 16.6. The zero-order valence-corrected chi connectivity index (χ0v) is 18.7. The maximum absolute atomic E-state index is 13.5. The Hall–Kier alpha value is -4.48. The van der Waals surface area contributed by atoms with Crippen LogP contribution in [0.1, 0.15) is 10.8 Å². The van der Waals surface area contributed by atoms with Crippen LogP contribution in [0.25, 0.3) is 0 Å². The van der Waals surface area contributed by atoms with Gasteiger partial charge >= 0.3 is 0 Å². The first-order valence-electron chi connectivity index (χ1n) is 10.5. The van der Waals surface area contributed by atoms with Crippen LogP contribution in [-0.4, -0.2) is 11.8 Å². The lowest BCUT2D eigenvalue weighted by molar-refractivity contribution is -0.117. The zero-order chi connectivity index (χ0) is 23.7. The molecule has 0 spiro atoms. The van der Waals surface area contributed by atoms with E-state index in [1.165, 1.54) is 16.8 Å². The molecule has 3 aromatic rings. The largest absolute Gasteiger partial charge is 0.384 e. The van der Waals surface area contributed by atoms with Crippen LogP contribution < -0.4 is 21.1 Å². The van der Waals surface area contributed by atoms with Gasteiger partial charge in [0.25, 0.3) is 11.8 Å². The Morgan fingerprint density at radius 3 is 2.00 bits per heavy atom. The van der Waals surface area contributed by atoms with Gasteiger partial charge in [0.15, 0.2) is 0 Å². The molecular weight excluding hydrogens is 446 g/mol. The highest BCUT2D eigenvalue weighted by Gasteiger charge is 2.43. The third kappa shape index (κ3) is 3.58. The molecule has 34 heavy (non-hydrogen) atoms. The van der Waals surface area contributed by atoms with Crippen LogP contribution in [0.15, 0.2) is 113 Å². The third-order valence-corrected chi connectivity index (χ3v) is 6.89. The molecule has 2 amide bonds. The van der Waals surface area contributed by atoms with Gasteiger partial charge in [-0.05, 0) is 29.8 Å². The van der Waals surface area contributed by atoms with Crippen LogP contribution in [0, 0.1) is 11.3 Å². The fourth-order valence-electron chi connectivity index (χ4n) is 3.93. The second-order valence-electron chi connectivity index (χ2n) is 7.59. The van der Waals surface area contributed by atoms with Crippen molar-refractivity contribution in [3.05, 3.63) is 119 Å². The standard InChI is InChI=1S/C26H19N5O2S/c27-16-20-22(17-10-4-1-5-11-17)34-26(30(23(20)28)18-12-6-2-7-13-18)21-24(32)29-31(25(21)33)19-14-8-3-9-15-19/h1-15,22H,28H2,(H,29,32)/b26-21+/t22-/m1/s1. The van der Waals surface area contributed by atoms with Crippen molar-refractivity contribution in [2.75, 3.05) is 9.91 Å². The van der Waals surface area contributed by atoms with E-state index in [9.17, 15) is 14.9 Å². The lowest BCUT2D eigenvalue weighted by atomic mass is 10.0. The van der Waals surface area contributed by atoms with Crippen molar-refractivity contribution >= 4 is 35.0 Å². The number of nitriles is 1. The minimum absolute atomic E-state index is 0.0291. The van der Waals surface area contributed by atoms with Crippen molar-refractivity contribution in [3.63, 3.8) is 0 Å². The highest BCUT2D eigenvalue weighted by Crippen LogP contribution is 2.50. The number of nitrogens with zero attached hydrogens (tertiary/aromatic N) is 3. The van der Waals surface area contributed by atoms with Crippen LogP contribution in [0.4, 0.5) is 11.4 Å². The van der Waals surface area contributed by atoms with Crippen LogP contribution in [0.5, 0.6) is 0 Å². The molecule has 0 saturated carbocycles. The van der Waals surface area contributed by atoms with E-state index < -0.39 is 17.1 Å². The first-order valence-corrected chi connectivity index (χ1v) is 11.4. The molecule has 7 nitrogen and oxygen atoms in total. The van der Waals surface area contributed by atoms with E-state index in [4.69, 9.17) is 5.73 Å². The Morgan fingerprint density at radius 2 is 1.41 bits per heavy atom. The molecule has 3 aromatic carbocycles. The summed E-state index contributed by atoms with van der Waals surface area (Å²) < 4.78 is 0. The minimum atomic E-state index is -0.530. The van der Waals surface area contributed by atoms with Crippen molar-refractivity contribution in [1.29, 1.82) is 5.26 Å². The van der Waals surface area contributed by atoms with Crippen molar-refractivity contribution in [1.82, 2.24) is 5.43 Å². The van der Waals surface area contributed by atoms with E-state index in [0.29, 0.717) is 22.0 Å². The third-order valence-electron chi connectivity index (χ3n) is 5.53. The Bertz CT molecular complexity index is 1360. The topological polar surface area (TPSA) is 102 Å². The number of benzene rings is 3. The summed E-state index contributed by atoms with van der Waals surface area (Å²) in [4.78, 5) is 28.3. The second kappa shape index (κ2) is 8.81. The Labute approximate surface area is 200 Å². The van der Waals surface area contributed by atoms with Crippen LogP contribution in [0.2, 0.25) is 0 Å². The van der Waals surface area contributed by atoms with Gasteiger partial charge in [-0.3, -0.25) is 19.9 Å². The van der Waals surface area contributed by atoms with Crippen molar-refractivity contribution in [2.45, 2.75) is 5.25 Å². The Kier molecular flexibility index (Phi) is 5.54. The predicted octanol–water partition coefficient (Wildman–Crippen LogP) is 3.96. The van der Waals surface area contributed by atoms with E-state index in [0.717, 1.165) is 5.56 Å². The van der Waals surface area contributed by atoms with Gasteiger partial charge in [-0.15, -0.1) is 0 Å². The van der Waals surface area contributed by atoms with Crippen molar-refractivity contribution in [3.8, 4) is 6.07 Å². The van der Waals surface area contributed by atoms with Gasteiger partial charge in [-0.25, -0.2) is 5.01 Å². The summed E-state index contributed by atoms with van der Waals surface area (Å²) >= 11 is 1.26. The lowest BCUT2D eigenvalue weighted by Gasteiger charge is -2.36. The zero-order valence-electron chi connectivity index (χ0n) is 17.9. The maximum atomic E-state index is 13.5. The van der Waals surface area contributed by atoms with Gasteiger partial charge in [0.05, 0.1) is 16.5 Å². The Morgan fingerprint density at radius 1 is 0.853 bits per heavy atom. The number of anilines is 2. The van der Waals surface area contributed by atoms with E-state index in [1.54, 1.807) is 29.2 Å². The quantitative estimate of drug-likeness (QED) is 0.448. The van der Waals surface area contributed by atoms with Crippen molar-refractivity contribution in [2.24, 2.45) is 5.73 Å². The molecule has 166 valence electrons. The highest BCUT2D eigenvalue weighted by molar-refractivity contribution is 8.03. The number of hydrazine groups is 1. The molecule has 1 atom stereocenters.